The van der Waals surface area contributed by atoms with Crippen molar-refractivity contribution in [2.75, 3.05) is 0 Å². The Kier molecular flexibility index (Phi) is 3.86. The van der Waals surface area contributed by atoms with Crippen molar-refractivity contribution in [2.24, 2.45) is 0 Å². The Bertz CT molecular complexity index is 1040. The highest BCUT2D eigenvalue weighted by Crippen LogP contribution is 2.37. The van der Waals surface area contributed by atoms with Crippen molar-refractivity contribution >= 4 is 21.4 Å². The van der Waals surface area contributed by atoms with Crippen LogP contribution >= 0.6 is 0 Å². The Morgan fingerprint density at radius 3 is 2.46 bits per heavy atom. The third kappa shape index (κ3) is 3.10. The van der Waals surface area contributed by atoms with Gasteiger partial charge in [0.15, 0.2) is 5.78 Å². The maximum atomic E-state index is 13.1. The molecule has 4 rings (SSSR count). The number of nitrogens with one attached hydrogen (secondary N) is 1. The number of benzene rings is 2. The molecular formula is C20H18FNO3S. The Hall–Kier alpha value is -2.31. The van der Waals surface area contributed by atoms with Crippen LogP contribution in [0.3, 0.4) is 0 Å². The number of fused-ring (bicyclic) bond motifs is 1. The lowest BCUT2D eigenvalue weighted by atomic mass is 9.98. The lowest BCUT2D eigenvalue weighted by molar-refractivity contribution is 0.105. The highest BCUT2D eigenvalue weighted by molar-refractivity contribution is 7.89. The average Bonchev–Trinajstić information content (AvgIpc) is 3.17. The van der Waals surface area contributed by atoms with E-state index in [1.54, 1.807) is 18.2 Å². The predicted molar refractivity (Wildman–Crippen MR) is 96.8 cm³/mol. The molecule has 1 fully saturated rings. The zero-order chi connectivity index (χ0) is 18.5. The van der Waals surface area contributed by atoms with Crippen LogP contribution in [0.4, 0.5) is 4.39 Å². The highest BCUT2D eigenvalue weighted by atomic mass is 32.2. The van der Waals surface area contributed by atoms with Crippen molar-refractivity contribution in [3.63, 3.8) is 0 Å². The Morgan fingerprint density at radius 1 is 1.12 bits per heavy atom. The molecule has 0 heterocycles. The smallest absolute Gasteiger partial charge is 0.241 e. The first kappa shape index (κ1) is 17.1. The van der Waals surface area contributed by atoms with E-state index in [1.807, 2.05) is 6.92 Å². The van der Waals surface area contributed by atoms with Gasteiger partial charge in [0.1, 0.15) is 5.82 Å². The minimum absolute atomic E-state index is 0.192. The molecule has 0 saturated heterocycles. The summed E-state index contributed by atoms with van der Waals surface area (Å²) in [4.78, 5) is 12.9. The zero-order valence-electron chi connectivity index (χ0n) is 14.3. The van der Waals surface area contributed by atoms with Gasteiger partial charge in [0.25, 0.3) is 0 Å². The summed E-state index contributed by atoms with van der Waals surface area (Å²) in [5.41, 5.74) is 2.14. The van der Waals surface area contributed by atoms with Crippen LogP contribution in [0.2, 0.25) is 0 Å². The van der Waals surface area contributed by atoms with Gasteiger partial charge in [-0.1, -0.05) is 12.1 Å². The lowest BCUT2D eigenvalue weighted by Crippen LogP contribution is -2.34. The van der Waals surface area contributed by atoms with Gasteiger partial charge in [-0.05, 0) is 73.7 Å². The molecule has 0 unspecified atom stereocenters. The number of Topliss-reactive ketones (excluding diaryl/α,β-unsaturated/α-hetero) is 1. The SMILES string of the molecule is CC1(NS(=O)(=O)c2ccc3c(c2)CC=C3C(=O)c2ccc(F)cc2)CC1. The maximum Gasteiger partial charge on any atom is 0.241 e. The average molecular weight is 371 g/mol. The standard InChI is InChI=1S/C20H18FNO3S/c1-20(10-11-20)22-26(24,25)16-7-9-17-14(12-16)4-8-18(17)19(23)13-2-5-15(21)6-3-13/h2-3,5-9,12,22H,4,10-11H2,1H3. The first-order valence-corrected chi connectivity index (χ1v) is 9.93. The van der Waals surface area contributed by atoms with Crippen molar-refractivity contribution < 1.29 is 17.6 Å². The minimum Gasteiger partial charge on any atom is -0.289 e. The van der Waals surface area contributed by atoms with Crippen LogP contribution in [-0.4, -0.2) is 19.7 Å². The van der Waals surface area contributed by atoms with E-state index in [2.05, 4.69) is 4.72 Å². The number of rotatable bonds is 5. The number of hydrogen-bond acceptors (Lipinski definition) is 3. The molecule has 2 aromatic rings. The normalized spacial score (nSPS) is 17.5. The summed E-state index contributed by atoms with van der Waals surface area (Å²) in [6, 6.07) is 10.3. The van der Waals surface area contributed by atoms with E-state index in [0.29, 0.717) is 17.6 Å². The second-order valence-electron chi connectivity index (χ2n) is 7.14. The van der Waals surface area contributed by atoms with Crippen LogP contribution in [0.5, 0.6) is 0 Å². The molecule has 0 atom stereocenters. The fraction of sp³-hybridized carbons (Fsp3) is 0.250. The molecular weight excluding hydrogens is 353 g/mol. The number of allylic oxidation sites excluding steroid dienone is 2. The van der Waals surface area contributed by atoms with E-state index in [4.69, 9.17) is 0 Å². The molecule has 26 heavy (non-hydrogen) atoms. The largest absolute Gasteiger partial charge is 0.289 e. The number of ketones is 1. The summed E-state index contributed by atoms with van der Waals surface area (Å²) < 4.78 is 40.8. The first-order valence-electron chi connectivity index (χ1n) is 8.45. The van der Waals surface area contributed by atoms with Crippen LogP contribution in [0.1, 0.15) is 41.3 Å². The topological polar surface area (TPSA) is 63.2 Å². The Balaban J connectivity index is 1.62. The van der Waals surface area contributed by atoms with E-state index >= 15 is 0 Å². The van der Waals surface area contributed by atoms with Gasteiger partial charge >= 0.3 is 0 Å². The van der Waals surface area contributed by atoms with Gasteiger partial charge in [0.05, 0.1) is 4.90 Å². The van der Waals surface area contributed by atoms with E-state index in [0.717, 1.165) is 24.0 Å². The van der Waals surface area contributed by atoms with E-state index in [9.17, 15) is 17.6 Å². The molecule has 1 saturated carbocycles. The summed E-state index contributed by atoms with van der Waals surface area (Å²) in [6.07, 6.45) is 3.98. The third-order valence-corrected chi connectivity index (χ3v) is 6.57. The van der Waals surface area contributed by atoms with Crippen LogP contribution in [0, 0.1) is 5.82 Å². The van der Waals surface area contributed by atoms with Crippen LogP contribution in [0.15, 0.2) is 53.4 Å². The van der Waals surface area contributed by atoms with Gasteiger partial charge in [-0.3, -0.25) is 4.79 Å². The Morgan fingerprint density at radius 2 is 1.81 bits per heavy atom. The van der Waals surface area contributed by atoms with Gasteiger partial charge in [0, 0.05) is 16.7 Å². The first-order chi connectivity index (χ1) is 12.3. The van der Waals surface area contributed by atoms with Gasteiger partial charge in [0.2, 0.25) is 10.0 Å². The molecule has 2 aliphatic rings. The van der Waals surface area contributed by atoms with E-state index in [1.165, 1.54) is 30.3 Å². The second kappa shape index (κ2) is 5.86. The highest BCUT2D eigenvalue weighted by Gasteiger charge is 2.41. The molecule has 0 bridgehead atoms. The minimum atomic E-state index is -3.57. The number of carbonyl (C=O) groups is 1. The zero-order valence-corrected chi connectivity index (χ0v) is 15.1. The summed E-state index contributed by atoms with van der Waals surface area (Å²) in [6.45, 7) is 1.89. The molecule has 0 amide bonds. The van der Waals surface area contributed by atoms with Crippen LogP contribution in [0.25, 0.3) is 5.57 Å². The molecule has 134 valence electrons. The van der Waals surface area contributed by atoms with Gasteiger partial charge in [-0.15, -0.1) is 0 Å². The lowest BCUT2D eigenvalue weighted by Gasteiger charge is -2.13. The number of carbonyl (C=O) groups excluding carboxylic acids is 1. The summed E-state index contributed by atoms with van der Waals surface area (Å²) in [5, 5.41) is 0. The van der Waals surface area contributed by atoms with Gasteiger partial charge in [-0.2, -0.15) is 0 Å². The monoisotopic (exact) mass is 371 g/mol. The third-order valence-electron chi connectivity index (χ3n) is 4.94. The fourth-order valence-electron chi connectivity index (χ4n) is 3.14. The van der Waals surface area contributed by atoms with Crippen molar-refractivity contribution in [3.8, 4) is 0 Å². The fourth-order valence-corrected chi connectivity index (χ4v) is 4.65. The van der Waals surface area contributed by atoms with E-state index in [-0.39, 0.29) is 16.2 Å². The molecule has 1 N–H and O–H groups in total. The van der Waals surface area contributed by atoms with Gasteiger partial charge < -0.3 is 0 Å². The number of sulfonamides is 1. The molecule has 0 spiro atoms. The molecule has 6 heteroatoms. The van der Waals surface area contributed by atoms with Crippen molar-refractivity contribution in [1.82, 2.24) is 4.72 Å². The van der Waals surface area contributed by atoms with Crippen molar-refractivity contribution in [3.05, 3.63) is 71.0 Å². The molecule has 2 aliphatic carbocycles. The summed E-state index contributed by atoms with van der Waals surface area (Å²) in [5.74, 6) is -0.586. The number of halogens is 1. The quantitative estimate of drug-likeness (QED) is 0.819. The molecule has 4 nitrogen and oxygen atoms in total. The van der Waals surface area contributed by atoms with Crippen LogP contribution < -0.4 is 4.72 Å². The summed E-state index contributed by atoms with van der Waals surface area (Å²) in [7, 11) is -3.57. The Labute approximate surface area is 151 Å². The maximum absolute atomic E-state index is 13.1. The summed E-state index contributed by atoms with van der Waals surface area (Å²) >= 11 is 0. The molecule has 0 aromatic heterocycles. The number of hydrogen-bond donors (Lipinski definition) is 1. The predicted octanol–water partition coefficient (Wildman–Crippen LogP) is 3.48. The molecule has 0 radical (unpaired) electrons. The van der Waals surface area contributed by atoms with Crippen molar-refractivity contribution in [1.29, 1.82) is 0 Å². The van der Waals surface area contributed by atoms with Crippen molar-refractivity contribution in [2.45, 2.75) is 36.6 Å². The van der Waals surface area contributed by atoms with E-state index < -0.39 is 15.8 Å². The molecule has 2 aromatic carbocycles. The second-order valence-corrected chi connectivity index (χ2v) is 8.83. The molecule has 0 aliphatic heterocycles. The van der Waals surface area contributed by atoms with Gasteiger partial charge in [-0.25, -0.2) is 17.5 Å². The van der Waals surface area contributed by atoms with Crippen LogP contribution in [-0.2, 0) is 16.4 Å².